The number of aliphatic carboxylic acids is 1. The van der Waals surface area contributed by atoms with Gasteiger partial charge in [0.25, 0.3) is 0 Å². The zero-order valence-corrected chi connectivity index (χ0v) is 7.32. The molecule has 1 unspecified atom stereocenters. The highest BCUT2D eigenvalue weighted by atomic mass is 16.5. The molecule has 13 heavy (non-hydrogen) atoms. The zero-order valence-electron chi connectivity index (χ0n) is 7.32. The number of carbonyl (C=O) groups is 1. The molecule has 0 radical (unpaired) electrons. The van der Waals surface area contributed by atoms with Gasteiger partial charge in [0, 0.05) is 5.57 Å². The molecule has 0 aliphatic carbocycles. The average molecular weight is 180 g/mol. The molecule has 0 aromatic heterocycles. The fourth-order valence-electron chi connectivity index (χ4n) is 1.33. The second-order valence-corrected chi connectivity index (χ2v) is 2.81. The van der Waals surface area contributed by atoms with Crippen molar-refractivity contribution in [1.29, 1.82) is 0 Å². The molecule has 0 aromatic carbocycles. The SMILES string of the molecule is C=C/C=C1\C(=C)OCCC1C(=O)O. The molecule has 0 bridgehead atoms. The van der Waals surface area contributed by atoms with E-state index in [1.165, 1.54) is 0 Å². The Bertz CT molecular complexity index is 276. The summed E-state index contributed by atoms with van der Waals surface area (Å²) in [6.45, 7) is 7.58. The maximum absolute atomic E-state index is 10.8. The molecule has 0 saturated carbocycles. The van der Waals surface area contributed by atoms with Gasteiger partial charge < -0.3 is 9.84 Å². The molecular weight excluding hydrogens is 168 g/mol. The van der Waals surface area contributed by atoms with E-state index < -0.39 is 11.9 Å². The van der Waals surface area contributed by atoms with Gasteiger partial charge in [0.15, 0.2) is 0 Å². The lowest BCUT2D eigenvalue weighted by molar-refractivity contribution is -0.141. The van der Waals surface area contributed by atoms with E-state index >= 15 is 0 Å². The van der Waals surface area contributed by atoms with Gasteiger partial charge >= 0.3 is 5.97 Å². The first-order valence-corrected chi connectivity index (χ1v) is 4.04. The van der Waals surface area contributed by atoms with Crippen LogP contribution in [-0.2, 0) is 9.53 Å². The van der Waals surface area contributed by atoms with Crippen LogP contribution in [0.1, 0.15) is 6.42 Å². The van der Waals surface area contributed by atoms with Crippen LogP contribution in [0.15, 0.2) is 36.6 Å². The van der Waals surface area contributed by atoms with Crippen molar-refractivity contribution in [1.82, 2.24) is 0 Å². The van der Waals surface area contributed by atoms with Gasteiger partial charge in [0.2, 0.25) is 0 Å². The Kier molecular flexibility index (Phi) is 2.90. The van der Waals surface area contributed by atoms with Gasteiger partial charge in [0.1, 0.15) is 5.76 Å². The lowest BCUT2D eigenvalue weighted by atomic mass is 9.92. The van der Waals surface area contributed by atoms with Gasteiger partial charge in [-0.1, -0.05) is 25.3 Å². The molecule has 3 heteroatoms. The molecule has 1 saturated heterocycles. The number of carboxylic acids is 1. The highest BCUT2D eigenvalue weighted by molar-refractivity contribution is 5.75. The second-order valence-electron chi connectivity index (χ2n) is 2.81. The van der Waals surface area contributed by atoms with Crippen molar-refractivity contribution >= 4 is 5.97 Å². The minimum absolute atomic E-state index is 0.421. The van der Waals surface area contributed by atoms with Crippen molar-refractivity contribution in [2.45, 2.75) is 6.42 Å². The minimum atomic E-state index is -0.836. The van der Waals surface area contributed by atoms with Crippen LogP contribution < -0.4 is 0 Å². The molecule has 0 spiro atoms. The summed E-state index contributed by atoms with van der Waals surface area (Å²) in [5.41, 5.74) is 0.619. The molecule has 0 amide bonds. The summed E-state index contributed by atoms with van der Waals surface area (Å²) in [5, 5.41) is 8.88. The highest BCUT2D eigenvalue weighted by Gasteiger charge is 2.28. The molecule has 1 N–H and O–H groups in total. The third-order valence-electron chi connectivity index (χ3n) is 1.98. The fraction of sp³-hybridized carbons (Fsp3) is 0.300. The van der Waals surface area contributed by atoms with Gasteiger partial charge in [-0.2, -0.15) is 0 Å². The van der Waals surface area contributed by atoms with Gasteiger partial charge in [-0.05, 0) is 6.42 Å². The molecule has 70 valence electrons. The minimum Gasteiger partial charge on any atom is -0.494 e. The van der Waals surface area contributed by atoms with Crippen LogP contribution in [-0.4, -0.2) is 17.7 Å². The number of rotatable bonds is 2. The number of ether oxygens (including phenoxy) is 1. The van der Waals surface area contributed by atoms with Gasteiger partial charge in [0.05, 0.1) is 12.5 Å². The molecule has 1 heterocycles. The van der Waals surface area contributed by atoms with Crippen LogP contribution in [0, 0.1) is 5.92 Å². The van der Waals surface area contributed by atoms with Crippen molar-refractivity contribution in [2.75, 3.05) is 6.61 Å². The molecular formula is C10H12O3. The van der Waals surface area contributed by atoms with Crippen LogP contribution in [0.3, 0.4) is 0 Å². The Morgan fingerprint density at radius 3 is 2.92 bits per heavy atom. The van der Waals surface area contributed by atoms with Crippen molar-refractivity contribution in [3.8, 4) is 0 Å². The largest absolute Gasteiger partial charge is 0.494 e. The number of hydrogen-bond acceptors (Lipinski definition) is 2. The third-order valence-corrected chi connectivity index (χ3v) is 1.98. The van der Waals surface area contributed by atoms with Crippen molar-refractivity contribution < 1.29 is 14.6 Å². The van der Waals surface area contributed by atoms with E-state index in [4.69, 9.17) is 9.84 Å². The van der Waals surface area contributed by atoms with Crippen molar-refractivity contribution in [3.05, 3.63) is 36.6 Å². The normalized spacial score (nSPS) is 25.4. The Hall–Kier alpha value is -1.51. The number of hydrogen-bond donors (Lipinski definition) is 1. The summed E-state index contributed by atoms with van der Waals surface area (Å²) in [7, 11) is 0. The summed E-state index contributed by atoms with van der Waals surface area (Å²) in [6, 6.07) is 0. The smallest absolute Gasteiger partial charge is 0.311 e. The number of allylic oxidation sites excluding steroid dienone is 3. The quantitative estimate of drug-likeness (QED) is 0.704. The van der Waals surface area contributed by atoms with Gasteiger partial charge in [-0.3, -0.25) is 4.79 Å². The average Bonchev–Trinajstić information content (AvgIpc) is 2.08. The lowest BCUT2D eigenvalue weighted by Crippen LogP contribution is -2.24. The predicted octanol–water partition coefficient (Wildman–Crippen LogP) is 1.73. The zero-order chi connectivity index (χ0) is 9.84. The molecule has 3 nitrogen and oxygen atoms in total. The second kappa shape index (κ2) is 3.94. The van der Waals surface area contributed by atoms with Crippen LogP contribution >= 0.6 is 0 Å². The highest BCUT2D eigenvalue weighted by Crippen LogP contribution is 2.28. The van der Waals surface area contributed by atoms with E-state index in [9.17, 15) is 4.79 Å². The first-order chi connectivity index (χ1) is 6.16. The molecule has 1 aliphatic rings. The van der Waals surface area contributed by atoms with Gasteiger partial charge in [-0.25, -0.2) is 0 Å². The number of carboxylic acid groups (broad SMARTS) is 1. The summed E-state index contributed by atoms with van der Waals surface area (Å²) in [5.74, 6) is -0.893. The summed E-state index contributed by atoms with van der Waals surface area (Å²) in [6.07, 6.45) is 3.68. The van der Waals surface area contributed by atoms with Crippen LogP contribution in [0.2, 0.25) is 0 Å². The monoisotopic (exact) mass is 180 g/mol. The molecule has 1 rings (SSSR count). The maximum Gasteiger partial charge on any atom is 0.311 e. The fourth-order valence-corrected chi connectivity index (χ4v) is 1.33. The first-order valence-electron chi connectivity index (χ1n) is 4.04. The Balaban J connectivity index is 2.93. The third kappa shape index (κ3) is 1.99. The maximum atomic E-state index is 10.8. The van der Waals surface area contributed by atoms with Gasteiger partial charge in [-0.15, -0.1) is 0 Å². The first kappa shape index (κ1) is 9.58. The van der Waals surface area contributed by atoms with E-state index in [2.05, 4.69) is 13.2 Å². The van der Waals surface area contributed by atoms with Crippen molar-refractivity contribution in [3.63, 3.8) is 0 Å². The standard InChI is InChI=1S/C10H12O3/c1-3-4-8-7(2)13-6-5-9(8)10(11)12/h3-4,9H,1-2,5-6H2,(H,11,12)/b8-4+. The molecule has 0 aromatic rings. The summed E-state index contributed by atoms with van der Waals surface area (Å²) < 4.78 is 5.15. The Morgan fingerprint density at radius 1 is 1.69 bits per heavy atom. The lowest BCUT2D eigenvalue weighted by Gasteiger charge is -2.24. The topological polar surface area (TPSA) is 46.5 Å². The summed E-state index contributed by atoms with van der Waals surface area (Å²) in [4.78, 5) is 10.8. The van der Waals surface area contributed by atoms with Crippen LogP contribution in [0.25, 0.3) is 0 Å². The van der Waals surface area contributed by atoms with E-state index in [1.54, 1.807) is 12.2 Å². The van der Waals surface area contributed by atoms with Crippen LogP contribution in [0.5, 0.6) is 0 Å². The summed E-state index contributed by atoms with van der Waals surface area (Å²) >= 11 is 0. The van der Waals surface area contributed by atoms with Crippen molar-refractivity contribution in [2.24, 2.45) is 5.92 Å². The van der Waals surface area contributed by atoms with E-state index in [0.29, 0.717) is 24.4 Å². The molecule has 1 atom stereocenters. The van der Waals surface area contributed by atoms with E-state index in [1.807, 2.05) is 0 Å². The Morgan fingerprint density at radius 2 is 2.38 bits per heavy atom. The molecule has 1 aliphatic heterocycles. The van der Waals surface area contributed by atoms with Crippen LogP contribution in [0.4, 0.5) is 0 Å². The predicted molar refractivity (Wildman–Crippen MR) is 49.1 cm³/mol. The Labute approximate surface area is 77.0 Å². The van der Waals surface area contributed by atoms with E-state index in [0.717, 1.165) is 0 Å². The van der Waals surface area contributed by atoms with E-state index in [-0.39, 0.29) is 0 Å². The molecule has 1 fully saturated rings.